The third-order valence-corrected chi connectivity index (χ3v) is 10.8. The molecule has 1 saturated heterocycles. The molecule has 0 aromatic heterocycles. The van der Waals surface area contributed by atoms with E-state index in [1.807, 2.05) is 0 Å². The number of imide groups is 1. The summed E-state index contributed by atoms with van der Waals surface area (Å²) in [6.07, 6.45) is 12.1. The maximum Gasteiger partial charge on any atom is 0.325 e. The minimum Gasteiger partial charge on any atom is -0.352 e. The third kappa shape index (κ3) is 3.89. The molecule has 0 aromatic rings. The molecule has 1 spiro atoms. The van der Waals surface area contributed by atoms with Crippen LogP contribution in [0, 0.1) is 34.5 Å². The average Bonchev–Trinajstić information content (AvgIpc) is 2.97. The Kier molecular flexibility index (Phi) is 5.60. The lowest BCUT2D eigenvalue weighted by atomic mass is 9.48. The zero-order chi connectivity index (χ0) is 23.6. The summed E-state index contributed by atoms with van der Waals surface area (Å²) in [5.74, 6) is 2.66. The van der Waals surface area contributed by atoms with E-state index in [-0.39, 0.29) is 35.2 Å². The van der Waals surface area contributed by atoms with Crippen molar-refractivity contribution in [2.75, 3.05) is 6.54 Å². The molecular weight excluding hydrogens is 414 g/mol. The van der Waals surface area contributed by atoms with Crippen molar-refractivity contribution >= 4 is 17.8 Å². The van der Waals surface area contributed by atoms with E-state index in [9.17, 15) is 14.4 Å². The van der Waals surface area contributed by atoms with E-state index >= 15 is 0 Å². The third-order valence-electron chi connectivity index (χ3n) is 10.8. The number of hydrogen-bond donors (Lipinski definition) is 2. The molecule has 6 aliphatic rings. The van der Waals surface area contributed by atoms with Gasteiger partial charge in [-0.15, -0.1) is 0 Å². The van der Waals surface area contributed by atoms with Crippen molar-refractivity contribution in [3.63, 3.8) is 0 Å². The van der Waals surface area contributed by atoms with Crippen LogP contribution in [0.1, 0.15) is 98.3 Å². The van der Waals surface area contributed by atoms with Crippen LogP contribution in [0.5, 0.6) is 0 Å². The van der Waals surface area contributed by atoms with Crippen molar-refractivity contribution in [1.29, 1.82) is 0 Å². The van der Waals surface area contributed by atoms with Crippen LogP contribution in [0.2, 0.25) is 0 Å². The van der Waals surface area contributed by atoms with Gasteiger partial charge < -0.3 is 10.6 Å². The predicted octanol–water partition coefficient (Wildman–Crippen LogP) is 4.62. The summed E-state index contributed by atoms with van der Waals surface area (Å²) in [6, 6.07) is -0.300. The quantitative estimate of drug-likeness (QED) is 0.571. The van der Waals surface area contributed by atoms with Crippen LogP contribution >= 0.6 is 0 Å². The van der Waals surface area contributed by atoms with Crippen LogP contribution in [0.25, 0.3) is 0 Å². The van der Waals surface area contributed by atoms with Gasteiger partial charge in [-0.2, -0.15) is 0 Å². The molecule has 0 aromatic carbocycles. The molecule has 33 heavy (non-hydrogen) atoms. The molecule has 6 nitrogen and oxygen atoms in total. The Balaban J connectivity index is 1.19. The summed E-state index contributed by atoms with van der Waals surface area (Å²) in [5, 5.41) is 6.20. The van der Waals surface area contributed by atoms with Gasteiger partial charge in [-0.25, -0.2) is 4.79 Å². The molecule has 1 heterocycles. The zero-order valence-corrected chi connectivity index (χ0v) is 21.0. The smallest absolute Gasteiger partial charge is 0.325 e. The number of amides is 4. The summed E-state index contributed by atoms with van der Waals surface area (Å²) in [7, 11) is 0. The first-order valence-electron chi connectivity index (χ1n) is 13.5. The molecule has 6 rings (SSSR count). The SMILES string of the molecule is CCC(C)(C)C1CCC2(CC1)NC(=O)N(CC(=O)NC(C)C13CC4CC(CC(C4)C1)C3)C2=O. The predicted molar refractivity (Wildman–Crippen MR) is 127 cm³/mol. The van der Waals surface area contributed by atoms with E-state index in [1.54, 1.807) is 0 Å². The number of nitrogens with one attached hydrogen (secondary N) is 2. The molecule has 1 atom stereocenters. The van der Waals surface area contributed by atoms with E-state index in [0.29, 0.717) is 18.8 Å². The summed E-state index contributed by atoms with van der Waals surface area (Å²) < 4.78 is 0. The van der Waals surface area contributed by atoms with Gasteiger partial charge in [0.05, 0.1) is 0 Å². The Morgan fingerprint density at radius 3 is 2.15 bits per heavy atom. The topological polar surface area (TPSA) is 78.5 Å². The Morgan fingerprint density at radius 1 is 1.09 bits per heavy atom. The number of urea groups is 1. The molecular formula is C27H43N3O3. The first-order valence-corrected chi connectivity index (χ1v) is 13.5. The number of rotatable bonds is 6. The fraction of sp³-hybridized carbons (Fsp3) is 0.889. The molecule has 4 bridgehead atoms. The summed E-state index contributed by atoms with van der Waals surface area (Å²) in [6.45, 7) is 8.80. The Labute approximate surface area is 199 Å². The van der Waals surface area contributed by atoms with Gasteiger partial charge in [-0.1, -0.05) is 27.2 Å². The number of hydrogen-bond acceptors (Lipinski definition) is 3. The minimum atomic E-state index is -0.802. The molecule has 2 N–H and O–H groups in total. The van der Waals surface area contributed by atoms with Crippen LogP contribution in [0.3, 0.4) is 0 Å². The maximum atomic E-state index is 13.3. The molecule has 6 heteroatoms. The summed E-state index contributed by atoms with van der Waals surface area (Å²) >= 11 is 0. The molecule has 0 radical (unpaired) electrons. The van der Waals surface area contributed by atoms with Crippen molar-refractivity contribution < 1.29 is 14.4 Å². The zero-order valence-electron chi connectivity index (χ0n) is 21.0. The van der Waals surface area contributed by atoms with Crippen molar-refractivity contribution in [2.45, 2.75) is 110 Å². The van der Waals surface area contributed by atoms with Gasteiger partial charge in [-0.3, -0.25) is 14.5 Å². The fourth-order valence-corrected chi connectivity index (χ4v) is 8.63. The number of carbonyl (C=O) groups excluding carboxylic acids is 3. The Bertz CT molecular complexity index is 791. The van der Waals surface area contributed by atoms with Gasteiger partial charge in [0.15, 0.2) is 0 Å². The first-order chi connectivity index (χ1) is 15.6. The second kappa shape index (κ2) is 7.98. The fourth-order valence-electron chi connectivity index (χ4n) is 8.63. The molecule has 4 amide bonds. The molecule has 5 aliphatic carbocycles. The Hall–Kier alpha value is -1.59. The molecule has 184 valence electrons. The number of carbonyl (C=O) groups is 3. The number of nitrogens with zero attached hydrogens (tertiary/aromatic N) is 1. The van der Waals surface area contributed by atoms with E-state index in [0.717, 1.165) is 37.0 Å². The second-order valence-corrected chi connectivity index (χ2v) is 13.1. The first kappa shape index (κ1) is 23.2. The Morgan fingerprint density at radius 2 is 1.64 bits per heavy atom. The van der Waals surface area contributed by atoms with Crippen LogP contribution in [-0.2, 0) is 9.59 Å². The normalized spacial score (nSPS) is 40.9. The largest absolute Gasteiger partial charge is 0.352 e. The molecule has 1 aliphatic heterocycles. The molecule has 6 fully saturated rings. The molecule has 5 saturated carbocycles. The van der Waals surface area contributed by atoms with Gasteiger partial charge in [0, 0.05) is 6.04 Å². The van der Waals surface area contributed by atoms with Gasteiger partial charge in [0.2, 0.25) is 5.91 Å². The summed E-state index contributed by atoms with van der Waals surface area (Å²) in [4.78, 5) is 40.2. The lowest BCUT2D eigenvalue weighted by Crippen LogP contribution is -2.57. The minimum absolute atomic E-state index is 0.0971. The van der Waals surface area contributed by atoms with Gasteiger partial charge in [0.1, 0.15) is 12.1 Å². The van der Waals surface area contributed by atoms with E-state index in [2.05, 4.69) is 38.3 Å². The molecule has 1 unspecified atom stereocenters. The van der Waals surface area contributed by atoms with Gasteiger partial charge in [-0.05, 0) is 106 Å². The van der Waals surface area contributed by atoms with Crippen molar-refractivity contribution in [2.24, 2.45) is 34.5 Å². The van der Waals surface area contributed by atoms with Gasteiger partial charge >= 0.3 is 6.03 Å². The van der Waals surface area contributed by atoms with Crippen LogP contribution < -0.4 is 10.6 Å². The van der Waals surface area contributed by atoms with E-state index in [1.165, 1.54) is 43.4 Å². The second-order valence-electron chi connectivity index (χ2n) is 13.1. The average molecular weight is 458 g/mol. The monoisotopic (exact) mass is 457 g/mol. The maximum absolute atomic E-state index is 13.3. The summed E-state index contributed by atoms with van der Waals surface area (Å²) in [5.41, 5.74) is -0.336. The van der Waals surface area contributed by atoms with Gasteiger partial charge in [0.25, 0.3) is 5.91 Å². The van der Waals surface area contributed by atoms with E-state index < -0.39 is 11.6 Å². The van der Waals surface area contributed by atoms with Crippen LogP contribution in [0.15, 0.2) is 0 Å². The van der Waals surface area contributed by atoms with Crippen LogP contribution in [0.4, 0.5) is 4.79 Å². The lowest BCUT2D eigenvalue weighted by Gasteiger charge is -2.59. The highest BCUT2D eigenvalue weighted by Crippen LogP contribution is 2.61. The van der Waals surface area contributed by atoms with Crippen molar-refractivity contribution in [3.05, 3.63) is 0 Å². The highest BCUT2D eigenvalue weighted by Gasteiger charge is 2.55. The highest BCUT2D eigenvalue weighted by molar-refractivity contribution is 6.09. The van der Waals surface area contributed by atoms with Crippen LogP contribution in [-0.4, -0.2) is 40.9 Å². The lowest BCUT2D eigenvalue weighted by molar-refractivity contribution is -0.137. The standard InChI is InChI=1S/C27H43N3O3/c1-5-25(3,4)21-6-8-27(9-7-21)23(32)30(24(33)29-27)16-22(31)28-17(2)26-13-18-10-19(14-26)12-20(11-18)15-26/h17-21H,5-16H2,1-4H3,(H,28,31)(H,29,33). The van der Waals surface area contributed by atoms with Crippen molar-refractivity contribution in [3.8, 4) is 0 Å². The highest BCUT2D eigenvalue weighted by atomic mass is 16.2. The van der Waals surface area contributed by atoms with E-state index in [4.69, 9.17) is 0 Å². The van der Waals surface area contributed by atoms with Crippen molar-refractivity contribution in [1.82, 2.24) is 15.5 Å².